The minimum Gasteiger partial charge on any atom is -0.326 e. The highest BCUT2D eigenvalue weighted by Gasteiger charge is 2.10. The van der Waals surface area contributed by atoms with E-state index in [9.17, 15) is 14.0 Å². The van der Waals surface area contributed by atoms with Crippen LogP contribution in [0.2, 0.25) is 0 Å². The van der Waals surface area contributed by atoms with Crippen molar-refractivity contribution in [1.29, 1.82) is 0 Å². The number of guanidine groups is 1. The Bertz CT molecular complexity index is 1040. The topological polar surface area (TPSA) is 99.2 Å². The highest BCUT2D eigenvalue weighted by Crippen LogP contribution is 2.11. The Morgan fingerprint density at radius 2 is 1.96 bits per heavy atom. The van der Waals surface area contributed by atoms with E-state index >= 15 is 0 Å². The molecule has 8 heteroatoms. The second kappa shape index (κ2) is 8.05. The van der Waals surface area contributed by atoms with Crippen molar-refractivity contribution in [1.82, 2.24) is 15.3 Å². The molecule has 2 heterocycles. The standard InChI is InChI=1S/C19H16FN5O2/c1-12-8-9-13(11-21-12)18(27)25-19(22-15-5-2-4-14(20)10-15)24-16-6-3-7-17(26)23-16/h2-11H,1H3,(H3,22,23,24,25,26,27). The summed E-state index contributed by atoms with van der Waals surface area (Å²) in [6, 6.07) is 13.5. The zero-order valence-corrected chi connectivity index (χ0v) is 14.4. The van der Waals surface area contributed by atoms with Gasteiger partial charge in [-0.05, 0) is 43.3 Å². The number of amides is 1. The Hall–Kier alpha value is -3.81. The van der Waals surface area contributed by atoms with Crippen LogP contribution in [-0.2, 0) is 0 Å². The lowest BCUT2D eigenvalue weighted by atomic mass is 10.2. The molecule has 3 N–H and O–H groups in total. The molecule has 0 saturated carbocycles. The molecule has 136 valence electrons. The molecular weight excluding hydrogens is 349 g/mol. The van der Waals surface area contributed by atoms with Crippen molar-refractivity contribution in [3.63, 3.8) is 0 Å². The van der Waals surface area contributed by atoms with Gasteiger partial charge in [0.15, 0.2) is 0 Å². The molecule has 0 spiro atoms. The number of carbonyl (C=O) groups excluding carboxylic acids is 1. The number of rotatable bonds is 3. The number of aromatic nitrogens is 2. The number of hydrogen-bond acceptors (Lipinski definition) is 4. The first kappa shape index (κ1) is 18.0. The summed E-state index contributed by atoms with van der Waals surface area (Å²) in [5.41, 5.74) is 1.15. The van der Waals surface area contributed by atoms with Gasteiger partial charge >= 0.3 is 0 Å². The third kappa shape index (κ3) is 5.08. The lowest BCUT2D eigenvalue weighted by Crippen LogP contribution is -2.36. The molecule has 0 saturated heterocycles. The number of hydrogen-bond donors (Lipinski definition) is 3. The number of pyridine rings is 2. The van der Waals surface area contributed by atoms with E-state index in [4.69, 9.17) is 0 Å². The molecule has 1 amide bonds. The van der Waals surface area contributed by atoms with Gasteiger partial charge in [0.05, 0.1) is 5.56 Å². The van der Waals surface area contributed by atoms with Gasteiger partial charge in [0.1, 0.15) is 11.6 Å². The minimum atomic E-state index is -0.455. The average molecular weight is 365 g/mol. The molecule has 0 radical (unpaired) electrons. The van der Waals surface area contributed by atoms with E-state index in [0.29, 0.717) is 11.3 Å². The number of carbonyl (C=O) groups is 1. The number of benzene rings is 1. The lowest BCUT2D eigenvalue weighted by Gasteiger charge is -2.12. The van der Waals surface area contributed by atoms with Gasteiger partial charge in [-0.15, -0.1) is 0 Å². The molecule has 27 heavy (non-hydrogen) atoms. The van der Waals surface area contributed by atoms with Gasteiger partial charge in [0.25, 0.3) is 5.91 Å². The first-order chi connectivity index (χ1) is 13.0. The molecule has 0 bridgehead atoms. The number of anilines is 1. The number of nitrogens with one attached hydrogen (secondary N) is 3. The second-order valence-electron chi connectivity index (χ2n) is 5.64. The smallest absolute Gasteiger partial charge is 0.259 e. The first-order valence-corrected chi connectivity index (χ1v) is 8.04. The predicted molar refractivity (Wildman–Crippen MR) is 101 cm³/mol. The molecular formula is C19H16FN5O2. The number of nitrogens with zero attached hydrogens (tertiary/aromatic N) is 2. The Morgan fingerprint density at radius 3 is 2.67 bits per heavy atom. The van der Waals surface area contributed by atoms with Crippen molar-refractivity contribution in [3.05, 3.63) is 88.2 Å². The quantitative estimate of drug-likeness (QED) is 0.491. The summed E-state index contributed by atoms with van der Waals surface area (Å²) < 4.78 is 13.4. The lowest BCUT2D eigenvalue weighted by molar-refractivity contribution is 0.0976. The van der Waals surface area contributed by atoms with Gasteiger partial charge in [-0.1, -0.05) is 12.1 Å². The maximum Gasteiger partial charge on any atom is 0.259 e. The molecule has 2 aromatic heterocycles. The SMILES string of the molecule is Cc1ccc(C(=O)N/C(=N/c2cccc(=O)[nH]2)Nc2cccc(F)c2)cn1. The fourth-order valence-electron chi connectivity index (χ4n) is 2.19. The third-order valence-corrected chi connectivity index (χ3v) is 3.48. The Balaban J connectivity index is 1.90. The monoisotopic (exact) mass is 365 g/mol. The zero-order valence-electron chi connectivity index (χ0n) is 14.4. The van der Waals surface area contributed by atoms with E-state index in [0.717, 1.165) is 5.69 Å². The van der Waals surface area contributed by atoms with Crippen LogP contribution in [0, 0.1) is 12.7 Å². The highest BCUT2D eigenvalue weighted by atomic mass is 19.1. The summed E-state index contributed by atoms with van der Waals surface area (Å²) in [4.78, 5) is 34.7. The molecule has 3 rings (SSSR count). The summed E-state index contributed by atoms with van der Waals surface area (Å²) in [7, 11) is 0. The van der Waals surface area contributed by atoms with E-state index < -0.39 is 11.7 Å². The van der Waals surface area contributed by atoms with Crippen LogP contribution in [0.25, 0.3) is 0 Å². The maximum absolute atomic E-state index is 13.4. The molecule has 0 aliphatic heterocycles. The highest BCUT2D eigenvalue weighted by molar-refractivity contribution is 6.10. The first-order valence-electron chi connectivity index (χ1n) is 8.04. The number of aliphatic imine (C=N–C) groups is 1. The average Bonchev–Trinajstić information content (AvgIpc) is 2.62. The van der Waals surface area contributed by atoms with E-state index in [1.54, 1.807) is 24.3 Å². The minimum absolute atomic E-state index is 0.0213. The van der Waals surface area contributed by atoms with Crippen LogP contribution in [0.5, 0.6) is 0 Å². The Kier molecular flexibility index (Phi) is 5.36. The number of aryl methyl sites for hydroxylation is 1. The van der Waals surface area contributed by atoms with Crippen LogP contribution in [0.15, 0.2) is 70.6 Å². The van der Waals surface area contributed by atoms with E-state index in [1.165, 1.54) is 36.5 Å². The maximum atomic E-state index is 13.4. The molecule has 3 aromatic rings. The van der Waals surface area contributed by atoms with Crippen molar-refractivity contribution in [2.24, 2.45) is 4.99 Å². The van der Waals surface area contributed by atoms with Crippen LogP contribution in [0.1, 0.15) is 16.1 Å². The normalized spacial score (nSPS) is 11.1. The number of H-pyrrole nitrogens is 1. The van der Waals surface area contributed by atoms with Crippen molar-refractivity contribution < 1.29 is 9.18 Å². The van der Waals surface area contributed by atoms with Gasteiger partial charge in [0.2, 0.25) is 11.5 Å². The van der Waals surface area contributed by atoms with Crippen molar-refractivity contribution in [3.8, 4) is 0 Å². The van der Waals surface area contributed by atoms with Crippen LogP contribution in [-0.4, -0.2) is 21.8 Å². The molecule has 0 atom stereocenters. The van der Waals surface area contributed by atoms with Crippen molar-refractivity contribution in [2.75, 3.05) is 5.32 Å². The number of halogens is 1. The van der Waals surface area contributed by atoms with Gasteiger partial charge in [-0.3, -0.25) is 19.9 Å². The Morgan fingerprint density at radius 1 is 1.15 bits per heavy atom. The zero-order chi connectivity index (χ0) is 19.2. The van der Waals surface area contributed by atoms with Gasteiger partial charge in [-0.2, -0.15) is 4.99 Å². The number of aromatic amines is 1. The van der Waals surface area contributed by atoms with Crippen LogP contribution in [0.3, 0.4) is 0 Å². The summed E-state index contributed by atoms with van der Waals surface area (Å²) >= 11 is 0. The molecule has 0 unspecified atom stereocenters. The van der Waals surface area contributed by atoms with Gasteiger partial charge in [-0.25, -0.2) is 4.39 Å². The van der Waals surface area contributed by atoms with Gasteiger partial charge in [0, 0.05) is 23.6 Å². The van der Waals surface area contributed by atoms with E-state index in [-0.39, 0.29) is 17.3 Å². The van der Waals surface area contributed by atoms with Crippen LogP contribution in [0.4, 0.5) is 15.9 Å². The molecule has 1 aromatic carbocycles. The third-order valence-electron chi connectivity index (χ3n) is 3.48. The molecule has 0 fully saturated rings. The Labute approximate surface area is 154 Å². The summed E-state index contributed by atoms with van der Waals surface area (Å²) in [6.07, 6.45) is 1.44. The van der Waals surface area contributed by atoms with Crippen molar-refractivity contribution >= 4 is 23.4 Å². The van der Waals surface area contributed by atoms with Crippen LogP contribution >= 0.6 is 0 Å². The fraction of sp³-hybridized carbons (Fsp3) is 0.0526. The summed E-state index contributed by atoms with van der Waals surface area (Å²) in [5.74, 6) is -0.651. The van der Waals surface area contributed by atoms with Gasteiger partial charge < -0.3 is 10.3 Å². The van der Waals surface area contributed by atoms with E-state index in [1.807, 2.05) is 6.92 Å². The van der Waals surface area contributed by atoms with Crippen LogP contribution < -0.4 is 16.2 Å². The predicted octanol–water partition coefficient (Wildman–Crippen LogP) is 2.75. The van der Waals surface area contributed by atoms with Crippen molar-refractivity contribution in [2.45, 2.75) is 6.92 Å². The second-order valence-corrected chi connectivity index (χ2v) is 5.64. The summed E-state index contributed by atoms with van der Waals surface area (Å²) in [6.45, 7) is 1.81. The van der Waals surface area contributed by atoms with E-state index in [2.05, 4.69) is 25.6 Å². The molecule has 0 aliphatic carbocycles. The molecule has 7 nitrogen and oxygen atoms in total. The fourth-order valence-corrected chi connectivity index (χ4v) is 2.19. The summed E-state index contributed by atoms with van der Waals surface area (Å²) in [5, 5.41) is 5.44. The largest absolute Gasteiger partial charge is 0.326 e. The molecule has 0 aliphatic rings.